The fourth-order valence-corrected chi connectivity index (χ4v) is 15.0. The molecule has 708 valence electrons. The van der Waals surface area contributed by atoms with Crippen molar-refractivity contribution >= 4 is 131 Å². The van der Waals surface area contributed by atoms with Crippen molar-refractivity contribution in [3.8, 4) is 34.5 Å². The third-order valence-corrected chi connectivity index (χ3v) is 21.2. The molecule has 14 rings (SSSR count). The van der Waals surface area contributed by atoms with Gasteiger partial charge in [-0.3, -0.25) is 39.3 Å². The lowest BCUT2D eigenvalue weighted by molar-refractivity contribution is -0.193. The van der Waals surface area contributed by atoms with Crippen LogP contribution in [0.5, 0.6) is 34.5 Å². The highest BCUT2D eigenvalue weighted by Gasteiger charge is 2.34. The Morgan fingerprint density at radius 1 is 0.463 bits per heavy atom. The second-order valence-corrected chi connectivity index (χ2v) is 34.1. The SMILES string of the molecule is Cc1cc(N)c2c(OC(C)C)cccc2n1.Cc1cc(N)c2c(OC3CCC(NC(=O)C(C)C)CC3)cccc2n1.Cc1cc(N)c2c(OCC3(CO)CCCCC3)cccc2n1.Cc1cc(O)cc(C(=O)NC(C)(C)COc2cccc3nc(C)cc(N)c23)c1.Cc1cccc(CCC(=O)C(C)(C)COc2cccc3nc(C)cc(N)c23)c1.O=C=O.O=C=O.O=C=O.O=C=O.O=C=O. The molecule has 0 radical (unpaired) electrons. The molecule has 0 bridgehead atoms. The summed E-state index contributed by atoms with van der Waals surface area (Å²) in [5, 5.41) is 29.8. The summed E-state index contributed by atoms with van der Waals surface area (Å²) in [5.41, 5.74) is 45.0. The average molecular weight is 1830 g/mol. The van der Waals surface area contributed by atoms with Crippen molar-refractivity contribution in [1.82, 2.24) is 35.6 Å². The highest BCUT2D eigenvalue weighted by Crippen LogP contribution is 2.41. The van der Waals surface area contributed by atoms with Crippen LogP contribution in [0.4, 0.5) is 28.4 Å². The molecule has 2 saturated carbocycles. The van der Waals surface area contributed by atoms with Crippen molar-refractivity contribution in [2.45, 2.75) is 198 Å². The molecule has 0 spiro atoms. The maximum atomic E-state index is 12.8. The van der Waals surface area contributed by atoms with Gasteiger partial charge in [-0.2, -0.15) is 47.9 Å². The van der Waals surface area contributed by atoms with Gasteiger partial charge in [-0.1, -0.05) is 93.3 Å². The number of amides is 2. The summed E-state index contributed by atoms with van der Waals surface area (Å²) in [6.07, 6.45) is 12.2. The molecule has 0 unspecified atom stereocenters. The zero-order valence-electron chi connectivity index (χ0n) is 78.4. The van der Waals surface area contributed by atoms with Gasteiger partial charge in [0.05, 0.1) is 90.9 Å². The molecule has 32 heteroatoms. The van der Waals surface area contributed by atoms with Gasteiger partial charge in [0.25, 0.3) is 5.91 Å². The standard InChI is InChI=1S/C24H28N2O2.C22H25N3O3.C20H27N3O2.C18H24N2O2.C13H16N2O.5CO2/c1-16-7-5-8-18(13-16)11-12-22(27)24(3,4)15-28-21-10-6-9-20-23(21)19(25)14-17(2)26-20;1-13-8-15(11-16(26)9-13)21(27)25-22(3,4)12-28-19-7-5-6-18-20(19)17(23)10-14(2)24-18;1-12(2)20(24)23-14-7-9-15(10-8-14)25-18-6-4-5-17-19(18)16(21)11-13(3)22-17;1-13-10-14(19)17-15(20-13)6-5-7-16(17)22-12-18(11-21)8-3-2-4-9-18;1-8(2)16-12-6-4-5-11-13(12)10(14)7-9(3)15-11;5*2-1-3/h5-10,13-14H,11-12,15H2,1-4H3,(H2,25,26);5-11,26H,12H2,1-4H3,(H2,23,24)(H,25,27);4-6,11-12,14-15H,7-10H2,1-3H3,(H2,21,22)(H,23,24);5-7,10,21H,2-4,8-9,11-12H2,1H3,(H2,19,20);4-8H,1-3H3,(H2,14,15);;;;;. The number of ether oxygens (including phenoxy) is 5. The number of fused-ring (bicyclic) bond motifs is 5. The van der Waals surface area contributed by atoms with Gasteiger partial charge in [0.2, 0.25) is 5.91 Å². The van der Waals surface area contributed by atoms with Gasteiger partial charge in [-0.15, -0.1) is 0 Å². The number of Topliss-reactive ketones (excluding diaryl/α,β-unsaturated/α-hetero) is 1. The van der Waals surface area contributed by atoms with Gasteiger partial charge < -0.3 is 73.2 Å². The summed E-state index contributed by atoms with van der Waals surface area (Å²) >= 11 is 0. The van der Waals surface area contributed by atoms with E-state index in [4.69, 9.17) is 100 Å². The van der Waals surface area contributed by atoms with Crippen LogP contribution >= 0.6 is 0 Å². The molecule has 7 aromatic carbocycles. The minimum absolute atomic E-state index is 0.0311. The van der Waals surface area contributed by atoms with E-state index in [0.29, 0.717) is 59.4 Å². The fourth-order valence-electron chi connectivity index (χ4n) is 15.0. The number of aliphatic hydroxyl groups is 1. The van der Waals surface area contributed by atoms with E-state index in [0.717, 1.165) is 156 Å². The van der Waals surface area contributed by atoms with Crippen molar-refractivity contribution in [2.24, 2.45) is 16.7 Å². The first-order valence-corrected chi connectivity index (χ1v) is 43.2. The van der Waals surface area contributed by atoms with Crippen molar-refractivity contribution in [2.75, 3.05) is 55.1 Å². The Morgan fingerprint density at radius 3 is 1.22 bits per heavy atom. The lowest BCUT2D eigenvalue weighted by Crippen LogP contribution is -2.47. The number of phenols is 1. The van der Waals surface area contributed by atoms with Crippen LogP contribution in [0.25, 0.3) is 54.5 Å². The van der Waals surface area contributed by atoms with Crippen LogP contribution in [-0.2, 0) is 64.0 Å². The zero-order chi connectivity index (χ0) is 99.6. The van der Waals surface area contributed by atoms with E-state index in [-0.39, 0.29) is 96.9 Å². The predicted molar refractivity (Wildman–Crippen MR) is 507 cm³/mol. The van der Waals surface area contributed by atoms with Crippen molar-refractivity contribution < 1.29 is 96.2 Å². The summed E-state index contributed by atoms with van der Waals surface area (Å²) in [4.78, 5) is 141. The van der Waals surface area contributed by atoms with Gasteiger partial charge >= 0.3 is 30.8 Å². The van der Waals surface area contributed by atoms with Crippen molar-refractivity contribution in [3.63, 3.8) is 0 Å². The van der Waals surface area contributed by atoms with E-state index in [1.807, 2.05) is 224 Å². The number of hydrogen-bond acceptors (Lipinski definition) is 30. The number of nitrogens with zero attached hydrogens (tertiary/aromatic N) is 5. The first kappa shape index (κ1) is 109. The summed E-state index contributed by atoms with van der Waals surface area (Å²) in [6, 6.07) is 51.4. The summed E-state index contributed by atoms with van der Waals surface area (Å²) < 4.78 is 30.1. The van der Waals surface area contributed by atoms with Crippen LogP contribution in [0.15, 0.2) is 164 Å². The van der Waals surface area contributed by atoms with E-state index >= 15 is 0 Å². The molecule has 2 amide bonds. The summed E-state index contributed by atoms with van der Waals surface area (Å²) in [5.74, 6) is 3.80. The number of ketones is 1. The molecule has 14 N–H and O–H groups in total. The van der Waals surface area contributed by atoms with E-state index in [2.05, 4.69) is 60.7 Å². The highest BCUT2D eigenvalue weighted by molar-refractivity contribution is 6.00. The number of carbonyl (C=O) groups excluding carboxylic acids is 13. The number of phenolic OH excluding ortho intramolecular Hbond substituents is 1. The van der Waals surface area contributed by atoms with Crippen molar-refractivity contribution in [1.29, 1.82) is 0 Å². The van der Waals surface area contributed by atoms with Crippen LogP contribution < -0.4 is 63.0 Å². The summed E-state index contributed by atoms with van der Waals surface area (Å²) in [6.45, 7) is 30.2. The lowest BCUT2D eigenvalue weighted by atomic mass is 9.75. The maximum absolute atomic E-state index is 12.8. The third-order valence-electron chi connectivity index (χ3n) is 21.2. The molecule has 2 aliphatic rings. The Kier molecular flexibility index (Phi) is 44.0. The first-order valence-electron chi connectivity index (χ1n) is 43.2. The monoisotopic (exact) mass is 1830 g/mol. The van der Waals surface area contributed by atoms with Crippen LogP contribution in [0.2, 0.25) is 0 Å². The smallest absolute Gasteiger partial charge is 0.373 e. The predicted octanol–water partition coefficient (Wildman–Crippen LogP) is 15.8. The van der Waals surface area contributed by atoms with Gasteiger partial charge in [0, 0.05) is 86.3 Å². The number of nitrogens with one attached hydrogen (secondary N) is 2. The third kappa shape index (κ3) is 34.3. The first-order chi connectivity index (χ1) is 63.6. The molecular formula is C102H120N12O20. The molecule has 134 heavy (non-hydrogen) atoms. The Bertz CT molecular complexity index is 6050. The number of anilines is 5. The second kappa shape index (κ2) is 53.9. The average Bonchev–Trinajstić information content (AvgIpc) is 0.761. The van der Waals surface area contributed by atoms with E-state index in [1.54, 1.807) is 12.1 Å². The number of rotatable bonds is 22. The normalized spacial score (nSPS) is 13.1. The van der Waals surface area contributed by atoms with Crippen LogP contribution in [0.3, 0.4) is 0 Å². The molecule has 5 heterocycles. The van der Waals surface area contributed by atoms with Crippen LogP contribution in [-0.4, -0.2) is 134 Å². The van der Waals surface area contributed by atoms with E-state index in [9.17, 15) is 24.6 Å². The summed E-state index contributed by atoms with van der Waals surface area (Å²) in [7, 11) is 0. The Morgan fingerprint density at radius 2 is 0.836 bits per heavy atom. The van der Waals surface area contributed by atoms with Gasteiger partial charge in [0.15, 0.2) is 0 Å². The molecule has 0 atom stereocenters. The number of carbonyl (C=O) groups is 3. The van der Waals surface area contributed by atoms with Crippen LogP contribution in [0.1, 0.15) is 175 Å². The number of aliphatic hydroxyl groups excluding tert-OH is 1. The Balaban J connectivity index is 0.000000287. The lowest BCUT2D eigenvalue weighted by Gasteiger charge is -2.35. The number of aryl methyl sites for hydroxylation is 8. The Labute approximate surface area is 778 Å². The van der Waals surface area contributed by atoms with Gasteiger partial charge in [0.1, 0.15) is 53.5 Å². The molecule has 0 saturated heterocycles. The number of aromatic nitrogens is 5. The minimum Gasteiger partial charge on any atom is -0.508 e. The molecular weight excluding hydrogens is 1710 g/mol. The van der Waals surface area contributed by atoms with Crippen molar-refractivity contribution in [3.05, 3.63) is 215 Å². The molecule has 2 fully saturated rings. The number of benzene rings is 7. The molecule has 32 nitrogen and oxygen atoms in total. The number of nitrogen functional groups attached to an aromatic ring is 5. The molecule has 12 aromatic rings. The quantitative estimate of drug-likeness (QED) is 0.0304. The molecule has 2 aliphatic carbocycles. The topological polar surface area (TPSA) is 527 Å². The maximum Gasteiger partial charge on any atom is 0.373 e. The number of nitrogens with two attached hydrogens (primary N) is 5. The molecule has 0 aliphatic heterocycles. The zero-order valence-corrected chi connectivity index (χ0v) is 78.4. The van der Waals surface area contributed by atoms with E-state index in [1.165, 1.54) is 36.5 Å². The van der Waals surface area contributed by atoms with Gasteiger partial charge in [-0.25, -0.2) is 0 Å². The number of pyridine rings is 5. The largest absolute Gasteiger partial charge is 0.508 e. The number of aromatic hydroxyl groups is 1. The highest BCUT2D eigenvalue weighted by atomic mass is 16.5. The number of hydrogen-bond donors (Lipinski definition) is 9. The Hall–Kier alpha value is -15.1. The minimum atomic E-state index is -0.647. The second-order valence-electron chi connectivity index (χ2n) is 34.1. The van der Waals surface area contributed by atoms with Crippen LogP contribution in [0, 0.1) is 65.2 Å². The molecule has 5 aromatic heterocycles. The van der Waals surface area contributed by atoms with E-state index < -0.39 is 11.0 Å². The van der Waals surface area contributed by atoms with Gasteiger partial charge in [-0.05, 0) is 255 Å². The fraction of sp³-hybridized carbons (Fsp3) is 0.363.